The van der Waals surface area contributed by atoms with E-state index in [9.17, 15) is 24.0 Å². The summed E-state index contributed by atoms with van der Waals surface area (Å²) in [6.45, 7) is 4.11. The van der Waals surface area contributed by atoms with Gasteiger partial charge in [0.1, 0.15) is 12.2 Å². The minimum absolute atomic E-state index is 0.00391. The van der Waals surface area contributed by atoms with Crippen LogP contribution in [0.4, 0.5) is 9.18 Å². The van der Waals surface area contributed by atoms with E-state index in [0.29, 0.717) is 16.7 Å². The van der Waals surface area contributed by atoms with Crippen molar-refractivity contribution in [1.29, 1.82) is 0 Å². The maximum atomic E-state index is 17.2. The largest absolute Gasteiger partial charge is 0.464 e. The van der Waals surface area contributed by atoms with E-state index in [-0.39, 0.29) is 17.7 Å². The number of hydrogen-bond donors (Lipinski definition) is 1. The van der Waals surface area contributed by atoms with E-state index in [4.69, 9.17) is 33.2 Å². The third kappa shape index (κ3) is 8.73. The lowest BCUT2D eigenvalue weighted by Gasteiger charge is -2.49. The first-order valence-corrected chi connectivity index (χ1v) is 16.6. The molecule has 270 valence electrons. The average Bonchev–Trinajstić information content (AvgIpc) is 3.49. The molecule has 2 heterocycles. The fourth-order valence-electron chi connectivity index (χ4n) is 5.64. The van der Waals surface area contributed by atoms with Crippen molar-refractivity contribution in [3.8, 4) is 0 Å². The van der Waals surface area contributed by atoms with Crippen LogP contribution in [-0.4, -0.2) is 91.0 Å². The molecule has 13 nitrogen and oxygen atoms in total. The molecule has 0 aliphatic carbocycles. The number of rotatable bonds is 10. The van der Waals surface area contributed by atoms with Crippen LogP contribution in [0.25, 0.3) is 0 Å². The Morgan fingerprint density at radius 1 is 0.863 bits per heavy atom. The molecule has 0 radical (unpaired) electrons. The van der Waals surface area contributed by atoms with Crippen molar-refractivity contribution < 1.29 is 61.5 Å². The van der Waals surface area contributed by atoms with Gasteiger partial charge in [-0.25, -0.2) is 23.6 Å². The summed E-state index contributed by atoms with van der Waals surface area (Å²) >= 11 is 0.701. The summed E-state index contributed by atoms with van der Waals surface area (Å²) in [6, 6.07) is 21.7. The van der Waals surface area contributed by atoms with Gasteiger partial charge in [0.2, 0.25) is 12.1 Å². The molecule has 0 bridgehead atoms. The molecule has 3 aromatic carbocycles. The lowest BCUT2D eigenvalue weighted by atomic mass is 9.86. The maximum absolute atomic E-state index is 17.2. The Hall–Kier alpha value is -4.83. The summed E-state index contributed by atoms with van der Waals surface area (Å²) in [4.78, 5) is 67.4. The molecular formula is C36H36FNO12S. The number of ether oxygens (including phenoxy) is 7. The summed E-state index contributed by atoms with van der Waals surface area (Å²) in [6.07, 6.45) is -9.51. The van der Waals surface area contributed by atoms with E-state index >= 15 is 4.39 Å². The molecule has 0 aromatic heterocycles. The summed E-state index contributed by atoms with van der Waals surface area (Å²) in [7, 11) is 0.904. The highest BCUT2D eigenvalue weighted by Gasteiger charge is 2.68. The van der Waals surface area contributed by atoms with Crippen molar-refractivity contribution in [2.24, 2.45) is 0 Å². The highest BCUT2D eigenvalue weighted by atomic mass is 32.2. The van der Waals surface area contributed by atoms with Gasteiger partial charge in [-0.2, -0.15) is 0 Å². The first-order valence-electron chi connectivity index (χ1n) is 15.8. The topological polar surface area (TPSA) is 162 Å². The second-order valence-electron chi connectivity index (χ2n) is 12.0. The number of halogens is 1. The molecule has 2 unspecified atom stereocenters. The lowest BCUT2D eigenvalue weighted by Crippen LogP contribution is -2.74. The van der Waals surface area contributed by atoms with Gasteiger partial charge >= 0.3 is 29.0 Å². The highest BCUT2D eigenvalue weighted by Crippen LogP contribution is 2.41. The fourth-order valence-corrected chi connectivity index (χ4v) is 6.29. The summed E-state index contributed by atoms with van der Waals surface area (Å²) in [5, 5.41) is 1.65. The second kappa shape index (κ2) is 16.0. The summed E-state index contributed by atoms with van der Waals surface area (Å²) in [5.41, 5.74) is -0.0952. The van der Waals surface area contributed by atoms with Crippen LogP contribution < -0.4 is 5.32 Å². The van der Waals surface area contributed by atoms with E-state index < -0.39 is 77.3 Å². The molecule has 2 fully saturated rings. The van der Waals surface area contributed by atoms with Gasteiger partial charge in [0.05, 0.1) is 30.9 Å². The molecular weight excluding hydrogens is 689 g/mol. The number of nitrogens with one attached hydrogen (secondary N) is 1. The fraction of sp³-hybridized carbons (Fsp3) is 0.361. The number of thioether (sulfide) groups is 1. The Kier molecular flexibility index (Phi) is 11.8. The molecule has 0 saturated carbocycles. The normalized spacial score (nSPS) is 25.9. The van der Waals surface area contributed by atoms with Crippen LogP contribution in [0.2, 0.25) is 0 Å². The van der Waals surface area contributed by atoms with E-state index in [1.807, 2.05) is 0 Å². The van der Waals surface area contributed by atoms with Crippen LogP contribution in [-0.2, 0) is 42.7 Å². The van der Waals surface area contributed by atoms with Crippen LogP contribution in [0.5, 0.6) is 0 Å². The molecule has 15 heteroatoms. The number of benzene rings is 3. The predicted molar refractivity (Wildman–Crippen MR) is 177 cm³/mol. The molecule has 0 spiro atoms. The lowest BCUT2D eigenvalue weighted by molar-refractivity contribution is -0.318. The predicted octanol–water partition coefficient (Wildman–Crippen LogP) is 4.63. The maximum Gasteiger partial charge on any atom is 0.383 e. The van der Waals surface area contributed by atoms with E-state index in [1.54, 1.807) is 68.4 Å². The Labute approximate surface area is 297 Å². The Morgan fingerprint density at radius 2 is 1.43 bits per heavy atom. The second-order valence-corrected chi connectivity index (χ2v) is 13.0. The molecule has 2 aliphatic heterocycles. The van der Waals surface area contributed by atoms with Gasteiger partial charge in [-0.05, 0) is 62.0 Å². The van der Waals surface area contributed by atoms with Crippen molar-refractivity contribution in [2.75, 3.05) is 13.7 Å². The van der Waals surface area contributed by atoms with Gasteiger partial charge in [0, 0.05) is 11.8 Å². The van der Waals surface area contributed by atoms with Crippen molar-refractivity contribution in [2.45, 2.75) is 73.9 Å². The van der Waals surface area contributed by atoms with Crippen LogP contribution in [0, 0.1) is 0 Å². The number of hydrogen-bond acceptors (Lipinski definition) is 13. The Bertz CT molecular complexity index is 1710. The molecule has 3 aromatic rings. The average molecular weight is 726 g/mol. The quantitative estimate of drug-likeness (QED) is 0.175. The number of carbonyl (C=O) groups excluding carboxylic acids is 5. The monoisotopic (exact) mass is 725 g/mol. The van der Waals surface area contributed by atoms with Gasteiger partial charge in [0.15, 0.2) is 18.0 Å². The molecule has 2 aliphatic rings. The smallest absolute Gasteiger partial charge is 0.383 e. The van der Waals surface area contributed by atoms with Crippen LogP contribution >= 0.6 is 11.8 Å². The first-order chi connectivity index (χ1) is 24.3. The first kappa shape index (κ1) is 37.4. The molecule has 2 saturated heterocycles. The Balaban J connectivity index is 1.64. The van der Waals surface area contributed by atoms with Crippen LogP contribution in [0.15, 0.2) is 95.9 Å². The summed E-state index contributed by atoms with van der Waals surface area (Å²) in [5.74, 6) is -9.00. The van der Waals surface area contributed by atoms with Crippen molar-refractivity contribution in [3.63, 3.8) is 0 Å². The number of carbonyl (C=O) groups is 5. The number of amides is 1. The van der Waals surface area contributed by atoms with Crippen LogP contribution in [0.3, 0.4) is 0 Å². The standard InChI is InChI=1S/C36H36FNO12S/c1-21(39)38-26-28(27(25-20-45-35(2,3)48-25)47-34(43)51-24-18-12-7-13-19-24)49-36(33(42)44-4,50-32(41)23-16-10-6-11-17-23)30(37)29(26)46-31(40)22-14-8-5-9-15-22/h5-19,25-30H,20H2,1-4H3,(H,38,39)/t25?,26-,27?,28+,29+,30+,36+/m0/s1. The van der Waals surface area contributed by atoms with Gasteiger partial charge in [-0.3, -0.25) is 4.79 Å². The molecule has 7 atom stereocenters. The molecule has 51 heavy (non-hydrogen) atoms. The SMILES string of the molecule is COC(=O)[C@@]1(OC(=O)c2ccccc2)O[C@@H](C(OC(=O)Sc2ccccc2)C2COC(C)(C)O2)[C@H](NC(C)=O)[C@@H](OC(=O)c2ccccc2)[C@H]1F. The van der Waals surface area contributed by atoms with E-state index in [1.165, 1.54) is 36.4 Å². The van der Waals surface area contributed by atoms with Crippen molar-refractivity contribution >= 4 is 40.9 Å². The number of alkyl halides is 1. The van der Waals surface area contributed by atoms with Gasteiger partial charge in [-0.15, -0.1) is 0 Å². The zero-order valence-corrected chi connectivity index (χ0v) is 28.8. The van der Waals surface area contributed by atoms with E-state index in [2.05, 4.69) is 5.32 Å². The minimum Gasteiger partial charge on any atom is -0.464 e. The molecule has 5 rings (SSSR count). The van der Waals surface area contributed by atoms with Crippen LogP contribution in [0.1, 0.15) is 41.5 Å². The molecule has 1 amide bonds. The zero-order chi connectivity index (χ0) is 36.8. The Morgan fingerprint density at radius 3 is 1.96 bits per heavy atom. The summed E-state index contributed by atoms with van der Waals surface area (Å²) < 4.78 is 57.3. The third-order valence-electron chi connectivity index (χ3n) is 7.91. The zero-order valence-electron chi connectivity index (χ0n) is 28.0. The minimum atomic E-state index is -3.27. The van der Waals surface area contributed by atoms with Gasteiger partial charge < -0.3 is 38.5 Å². The van der Waals surface area contributed by atoms with E-state index in [0.717, 1.165) is 14.0 Å². The molecule has 1 N–H and O–H groups in total. The van der Waals surface area contributed by atoms with Gasteiger partial charge in [-0.1, -0.05) is 54.6 Å². The third-order valence-corrected chi connectivity index (χ3v) is 8.68. The van der Waals surface area contributed by atoms with Gasteiger partial charge in [0.25, 0.3) is 0 Å². The number of esters is 3. The van der Waals surface area contributed by atoms with Crippen molar-refractivity contribution in [3.05, 3.63) is 102 Å². The van der Waals surface area contributed by atoms with Crippen molar-refractivity contribution in [1.82, 2.24) is 5.32 Å². The number of methoxy groups -OCH3 is 1. The highest BCUT2D eigenvalue weighted by molar-refractivity contribution is 8.13.